The molecular formula is CClN2O3S. The number of nitrogens with zero attached hydrogens (tertiary/aromatic N) is 2. The van der Waals surface area contributed by atoms with Gasteiger partial charge in [-0.1, -0.05) is 4.40 Å². The van der Waals surface area contributed by atoms with Crippen LogP contribution in [0.1, 0.15) is 0 Å². The lowest BCUT2D eigenvalue weighted by atomic mass is 11.7. The number of rotatable bonds is 1. The minimum Gasteiger partial charge on any atom is -0.210 e. The molecule has 0 bridgehead atoms. The molecule has 0 heterocycles. The van der Waals surface area contributed by atoms with Gasteiger partial charge in [0, 0.05) is 16.8 Å². The Kier molecular flexibility index (Phi) is 4.70. The minimum absolute atomic E-state index is 0. The molecule has 7 heteroatoms. The first-order valence-electron chi connectivity index (χ1n) is 1.10. The van der Waals surface area contributed by atoms with Gasteiger partial charge in [0.15, 0.2) is 0 Å². The van der Waals surface area contributed by atoms with Gasteiger partial charge in [0.25, 0.3) is 6.08 Å². The predicted octanol–water partition coefficient (Wildman–Crippen LogP) is -0.675. The van der Waals surface area contributed by atoms with Crippen molar-refractivity contribution in [3.05, 3.63) is 0 Å². The molecule has 0 aliphatic rings. The fraction of sp³-hybridized carbons (Fsp3) is 0. The smallest absolute Gasteiger partial charge is 0.210 e. The first kappa shape index (κ1) is 10.5. The van der Waals surface area contributed by atoms with Crippen molar-refractivity contribution in [3.8, 4) is 0 Å². The van der Waals surface area contributed by atoms with Crippen LogP contribution in [0, 0.1) is 0 Å². The number of hydrogen-bond donors (Lipinski definition) is 0. The lowest BCUT2D eigenvalue weighted by Gasteiger charge is -1.67. The summed E-state index contributed by atoms with van der Waals surface area (Å²) >= 11 is 0. The van der Waals surface area contributed by atoms with Crippen LogP contribution >= 0.6 is 10.7 Å². The van der Waals surface area contributed by atoms with Crippen molar-refractivity contribution in [1.82, 2.24) is 6.15 Å². The summed E-state index contributed by atoms with van der Waals surface area (Å²) in [6.07, 6.45) is 0.763. The van der Waals surface area contributed by atoms with Gasteiger partial charge in [0.1, 0.15) is 0 Å². The van der Waals surface area contributed by atoms with Gasteiger partial charge in [-0.05, 0) is 0 Å². The van der Waals surface area contributed by atoms with Crippen molar-refractivity contribution in [2.75, 3.05) is 0 Å². The Hall–Kier alpha value is -0.420. The van der Waals surface area contributed by atoms with Crippen LogP contribution in [0.4, 0.5) is 0 Å². The van der Waals surface area contributed by atoms with Gasteiger partial charge in [-0.3, -0.25) is 0 Å². The third-order valence-corrected chi connectivity index (χ3v) is 0.646. The highest BCUT2D eigenvalue weighted by Gasteiger charge is 1.95. The van der Waals surface area contributed by atoms with Crippen LogP contribution in [0.3, 0.4) is 0 Å². The zero-order valence-electron chi connectivity index (χ0n) is 3.41. The Labute approximate surface area is 50.5 Å². The van der Waals surface area contributed by atoms with E-state index < -0.39 is 9.24 Å². The Morgan fingerprint density at radius 1 is 1.50 bits per heavy atom. The molecule has 0 saturated heterocycles. The molecule has 0 saturated carbocycles. The Morgan fingerprint density at radius 2 is 1.88 bits per heavy atom. The summed E-state index contributed by atoms with van der Waals surface area (Å²) in [7, 11) is 0.376. The normalized spacial score (nSPS) is 8.62. The van der Waals surface area contributed by atoms with Crippen molar-refractivity contribution >= 4 is 26.0 Å². The maximum absolute atomic E-state index is 9.57. The number of carbonyl (C=O) groups excluding carboxylic acids is 1. The monoisotopic (exact) mass is 155 g/mol. The highest BCUT2D eigenvalue weighted by molar-refractivity contribution is 8.12. The summed E-state index contributed by atoms with van der Waals surface area (Å²) in [5.41, 5.74) is 0. The number of isocyanates is 1. The van der Waals surface area contributed by atoms with Gasteiger partial charge in [-0.15, -0.1) is 0 Å². The SMILES string of the molecule is O=C=NS(=O)(=O)Cl.[N]. The third-order valence-electron chi connectivity index (χ3n) is 0.146. The van der Waals surface area contributed by atoms with Gasteiger partial charge >= 0.3 is 9.24 Å². The van der Waals surface area contributed by atoms with Crippen LogP contribution in [0.5, 0.6) is 0 Å². The van der Waals surface area contributed by atoms with Crippen molar-refractivity contribution in [2.45, 2.75) is 0 Å². The van der Waals surface area contributed by atoms with E-state index in [2.05, 4.69) is 15.1 Å². The molecule has 0 spiro atoms. The van der Waals surface area contributed by atoms with E-state index in [0.29, 0.717) is 0 Å². The molecule has 0 rings (SSSR count). The molecule has 3 radical (unpaired) electrons. The van der Waals surface area contributed by atoms with Crippen LogP contribution in [-0.4, -0.2) is 14.5 Å². The molecule has 8 heavy (non-hydrogen) atoms. The second-order valence-corrected chi connectivity index (χ2v) is 2.77. The molecule has 45 valence electrons. The highest BCUT2D eigenvalue weighted by atomic mass is 35.7. The largest absolute Gasteiger partial charge is 0.350 e. The summed E-state index contributed by atoms with van der Waals surface area (Å²) in [6, 6.07) is 0. The summed E-state index contributed by atoms with van der Waals surface area (Å²) in [4.78, 5) is 9.07. The predicted molar refractivity (Wildman–Crippen MR) is 25.0 cm³/mol. The summed E-state index contributed by atoms with van der Waals surface area (Å²) < 4.78 is 21.3. The van der Waals surface area contributed by atoms with E-state index in [-0.39, 0.29) is 6.15 Å². The summed E-state index contributed by atoms with van der Waals surface area (Å²) in [5, 5.41) is 0. The van der Waals surface area contributed by atoms with Crippen LogP contribution in [-0.2, 0) is 14.0 Å². The molecular weight excluding hydrogens is 156 g/mol. The van der Waals surface area contributed by atoms with Crippen LogP contribution < -0.4 is 6.15 Å². The molecule has 0 atom stereocenters. The first-order valence-corrected chi connectivity index (χ1v) is 3.36. The van der Waals surface area contributed by atoms with Crippen molar-refractivity contribution in [1.29, 1.82) is 0 Å². The van der Waals surface area contributed by atoms with Gasteiger partial charge in [0.05, 0.1) is 0 Å². The van der Waals surface area contributed by atoms with Crippen molar-refractivity contribution in [3.63, 3.8) is 0 Å². The third kappa shape index (κ3) is 9.13. The second-order valence-electron chi connectivity index (χ2n) is 0.595. The molecule has 0 aromatic carbocycles. The molecule has 0 unspecified atom stereocenters. The molecule has 0 aliphatic heterocycles. The molecule has 0 N–H and O–H groups in total. The summed E-state index contributed by atoms with van der Waals surface area (Å²) in [5.74, 6) is 0. The maximum Gasteiger partial charge on any atom is 0.350 e. The second kappa shape index (κ2) is 3.57. The van der Waals surface area contributed by atoms with Crippen LogP contribution in [0.15, 0.2) is 4.40 Å². The van der Waals surface area contributed by atoms with Crippen LogP contribution in [0.2, 0.25) is 0 Å². The fourth-order valence-corrected chi connectivity index (χ4v) is 0.218. The number of halogens is 1. The van der Waals surface area contributed by atoms with E-state index in [1.165, 1.54) is 0 Å². The lowest BCUT2D eigenvalue weighted by molar-refractivity contribution is 0.564. The Morgan fingerprint density at radius 3 is 1.88 bits per heavy atom. The van der Waals surface area contributed by atoms with Gasteiger partial charge in [0.2, 0.25) is 0 Å². The molecule has 0 fully saturated rings. The lowest BCUT2D eigenvalue weighted by Crippen LogP contribution is -1.76. The molecule has 5 nitrogen and oxygen atoms in total. The van der Waals surface area contributed by atoms with Crippen molar-refractivity contribution in [2.24, 2.45) is 4.40 Å². The molecule has 0 aliphatic carbocycles. The fourth-order valence-electron chi connectivity index (χ4n) is 0.0445. The van der Waals surface area contributed by atoms with Crippen LogP contribution in [0.25, 0.3) is 0 Å². The average molecular weight is 156 g/mol. The topological polar surface area (TPSA) is 94.1 Å². The van der Waals surface area contributed by atoms with E-state index in [4.69, 9.17) is 4.79 Å². The van der Waals surface area contributed by atoms with E-state index >= 15 is 0 Å². The zero-order chi connectivity index (χ0) is 5.91. The van der Waals surface area contributed by atoms with Gasteiger partial charge in [-0.25, -0.2) is 4.79 Å². The first-order chi connectivity index (χ1) is 3.06. The van der Waals surface area contributed by atoms with E-state index in [0.717, 1.165) is 6.08 Å². The Bertz CT molecular complexity index is 189. The summed E-state index contributed by atoms with van der Waals surface area (Å²) in [6.45, 7) is 0. The average Bonchev–Trinajstić information content (AvgIpc) is 1.30. The molecule has 0 amide bonds. The Balaban J connectivity index is 0. The van der Waals surface area contributed by atoms with Gasteiger partial charge in [-0.2, -0.15) is 8.42 Å². The zero-order valence-corrected chi connectivity index (χ0v) is 4.98. The minimum atomic E-state index is -4.00. The van der Waals surface area contributed by atoms with E-state index in [1.54, 1.807) is 0 Å². The highest BCUT2D eigenvalue weighted by Crippen LogP contribution is 1.93. The standard InChI is InChI=1S/CClNO3S.N/c2-7(5,6)3-1-4;. The van der Waals surface area contributed by atoms with E-state index in [9.17, 15) is 8.42 Å². The molecule has 0 aromatic heterocycles. The van der Waals surface area contributed by atoms with Gasteiger partial charge < -0.3 is 0 Å². The van der Waals surface area contributed by atoms with E-state index in [1.807, 2.05) is 0 Å². The number of hydrogen-bond acceptors (Lipinski definition) is 3. The quantitative estimate of drug-likeness (QED) is 0.285. The van der Waals surface area contributed by atoms with Crippen molar-refractivity contribution < 1.29 is 13.2 Å². The molecule has 0 aromatic rings. The maximum atomic E-state index is 9.57.